The number of halogens is 6. The number of hydrogen-bond acceptors (Lipinski definition) is 1. The molecule has 7 heteroatoms. The molecule has 1 aliphatic heterocycles. The summed E-state index contributed by atoms with van der Waals surface area (Å²) in [4.78, 5) is 0. The topological polar surface area (TPSA) is 12.5 Å². The Morgan fingerprint density at radius 3 is 1.82 bits per heavy atom. The fourth-order valence-corrected chi connectivity index (χ4v) is 7.27. The Kier molecular flexibility index (Phi) is 9.23. The van der Waals surface area contributed by atoms with Gasteiger partial charge in [0.05, 0.1) is 6.61 Å². The van der Waals surface area contributed by atoms with Gasteiger partial charge in [0.25, 0.3) is 0 Å². The molecule has 44 heavy (non-hydrogen) atoms. The lowest BCUT2D eigenvalue weighted by molar-refractivity contribution is 0.303. The van der Waals surface area contributed by atoms with Crippen LogP contribution in [-0.4, -0.2) is 6.61 Å². The predicted octanol–water partition coefficient (Wildman–Crippen LogP) is 10.8. The molecule has 0 aromatic heterocycles. The van der Waals surface area contributed by atoms with Gasteiger partial charge in [0.2, 0.25) is 0 Å². The Balaban J connectivity index is 1.04. The van der Waals surface area contributed by atoms with Gasteiger partial charge in [-0.05, 0) is 110 Å². The van der Waals surface area contributed by atoms with Gasteiger partial charge in [-0.25, -0.2) is 26.3 Å². The standard InChI is InChI=1S/C37H38F6O/c1-2-3-25-14-16-27(34(40)32(25)38)22-7-4-21(5-8-22)6-9-26-15-17-28(35(41)33(26)39)23-10-12-24(13-11-23)29-18-19-30(31-20-44-31)37(43)36(29)42/h12,14-19,21-23,31H,2-11,13,20H2,1H3. The third kappa shape index (κ3) is 6.22. The van der Waals surface area contributed by atoms with Gasteiger partial charge in [0, 0.05) is 11.1 Å². The number of allylic oxidation sites excluding steroid dienone is 2. The summed E-state index contributed by atoms with van der Waals surface area (Å²) in [7, 11) is 0. The molecule has 2 atom stereocenters. The number of hydrogen-bond donors (Lipinski definition) is 0. The molecular formula is C37H38F6O. The van der Waals surface area contributed by atoms with E-state index in [1.807, 2.05) is 6.92 Å². The maximum absolute atomic E-state index is 15.3. The molecule has 0 N–H and O–H groups in total. The normalized spacial score (nSPS) is 23.5. The Morgan fingerprint density at radius 1 is 0.636 bits per heavy atom. The van der Waals surface area contributed by atoms with E-state index < -0.39 is 34.9 Å². The first-order chi connectivity index (χ1) is 21.3. The van der Waals surface area contributed by atoms with Gasteiger partial charge < -0.3 is 4.74 Å². The number of ether oxygens (including phenoxy) is 1. The van der Waals surface area contributed by atoms with Crippen molar-refractivity contribution in [2.24, 2.45) is 5.92 Å². The van der Waals surface area contributed by atoms with Crippen LogP contribution < -0.4 is 0 Å². The molecule has 2 unspecified atom stereocenters. The minimum absolute atomic E-state index is 0.0258. The van der Waals surface area contributed by atoms with Crippen LogP contribution in [-0.2, 0) is 17.6 Å². The average Bonchev–Trinajstić information content (AvgIpc) is 3.88. The van der Waals surface area contributed by atoms with Crippen LogP contribution in [0.25, 0.3) is 5.57 Å². The molecule has 0 spiro atoms. The zero-order valence-electron chi connectivity index (χ0n) is 25.0. The summed E-state index contributed by atoms with van der Waals surface area (Å²) in [5, 5.41) is 0. The highest BCUT2D eigenvalue weighted by molar-refractivity contribution is 5.67. The molecule has 1 saturated heterocycles. The first-order valence-electron chi connectivity index (χ1n) is 16.0. The maximum Gasteiger partial charge on any atom is 0.166 e. The molecule has 1 heterocycles. The van der Waals surface area contributed by atoms with Crippen LogP contribution in [0.15, 0.2) is 42.5 Å². The molecule has 2 fully saturated rings. The summed E-state index contributed by atoms with van der Waals surface area (Å²) in [6.07, 6.45) is 8.33. The molecule has 3 aliphatic rings. The van der Waals surface area contributed by atoms with Crippen LogP contribution >= 0.6 is 0 Å². The van der Waals surface area contributed by atoms with Crippen molar-refractivity contribution in [3.8, 4) is 0 Å². The highest BCUT2D eigenvalue weighted by Crippen LogP contribution is 2.42. The molecule has 6 rings (SSSR count). The Labute approximate surface area is 255 Å². The van der Waals surface area contributed by atoms with Gasteiger partial charge in [-0.1, -0.05) is 55.8 Å². The summed E-state index contributed by atoms with van der Waals surface area (Å²) < 4.78 is 94.1. The SMILES string of the molecule is CCCc1ccc(C2CCC(CCc3ccc(C4CC=C(c5ccc(C6CO6)c(F)c5F)CC4)c(F)c3F)CC2)c(F)c1F. The van der Waals surface area contributed by atoms with E-state index in [0.717, 1.165) is 32.1 Å². The Bertz CT molecular complexity index is 1550. The molecule has 0 bridgehead atoms. The zero-order valence-corrected chi connectivity index (χ0v) is 25.0. The molecule has 1 saturated carbocycles. The minimum Gasteiger partial charge on any atom is -0.368 e. The summed E-state index contributed by atoms with van der Waals surface area (Å²) in [6, 6.07) is 9.91. The van der Waals surface area contributed by atoms with E-state index in [0.29, 0.717) is 78.9 Å². The van der Waals surface area contributed by atoms with E-state index in [1.165, 1.54) is 0 Å². The highest BCUT2D eigenvalue weighted by atomic mass is 19.2. The zero-order chi connectivity index (χ0) is 31.0. The van der Waals surface area contributed by atoms with E-state index >= 15 is 8.78 Å². The van der Waals surface area contributed by atoms with Crippen molar-refractivity contribution >= 4 is 5.57 Å². The van der Waals surface area contributed by atoms with E-state index in [2.05, 4.69) is 0 Å². The average molecular weight is 613 g/mol. The molecule has 2 aliphatic carbocycles. The van der Waals surface area contributed by atoms with E-state index in [9.17, 15) is 17.6 Å². The van der Waals surface area contributed by atoms with Gasteiger partial charge >= 0.3 is 0 Å². The van der Waals surface area contributed by atoms with Gasteiger partial charge in [-0.3, -0.25) is 0 Å². The second-order valence-corrected chi connectivity index (χ2v) is 12.7. The lowest BCUT2D eigenvalue weighted by atomic mass is 9.76. The van der Waals surface area contributed by atoms with Gasteiger partial charge in [0.1, 0.15) is 6.10 Å². The van der Waals surface area contributed by atoms with Crippen LogP contribution in [0.3, 0.4) is 0 Å². The predicted molar refractivity (Wildman–Crippen MR) is 159 cm³/mol. The van der Waals surface area contributed by atoms with Crippen LogP contribution in [0, 0.1) is 40.8 Å². The molecule has 3 aromatic rings. The van der Waals surface area contributed by atoms with E-state index in [-0.39, 0.29) is 29.1 Å². The lowest BCUT2D eigenvalue weighted by Crippen LogP contribution is -2.16. The molecule has 234 valence electrons. The summed E-state index contributed by atoms with van der Waals surface area (Å²) >= 11 is 0. The highest BCUT2D eigenvalue weighted by Gasteiger charge is 2.32. The molecule has 3 aromatic carbocycles. The number of rotatable bonds is 9. The van der Waals surface area contributed by atoms with E-state index in [1.54, 1.807) is 42.5 Å². The second kappa shape index (κ2) is 13.1. The Hall–Kier alpha value is -3.06. The third-order valence-corrected chi connectivity index (χ3v) is 10.0. The first kappa shape index (κ1) is 30.9. The van der Waals surface area contributed by atoms with Crippen molar-refractivity contribution in [2.75, 3.05) is 6.61 Å². The summed E-state index contributed by atoms with van der Waals surface area (Å²) in [5.41, 5.74) is 2.65. The van der Waals surface area contributed by atoms with Crippen molar-refractivity contribution in [3.63, 3.8) is 0 Å². The van der Waals surface area contributed by atoms with Gasteiger partial charge in [-0.2, -0.15) is 0 Å². The van der Waals surface area contributed by atoms with Crippen molar-refractivity contribution in [1.29, 1.82) is 0 Å². The quantitative estimate of drug-likeness (QED) is 0.173. The number of aryl methyl sites for hydroxylation is 2. The monoisotopic (exact) mass is 612 g/mol. The fraction of sp³-hybridized carbons (Fsp3) is 0.459. The maximum atomic E-state index is 15.3. The van der Waals surface area contributed by atoms with Crippen molar-refractivity contribution in [2.45, 2.75) is 95.5 Å². The Morgan fingerprint density at radius 2 is 1.23 bits per heavy atom. The first-order valence-corrected chi connectivity index (χ1v) is 16.0. The van der Waals surface area contributed by atoms with Crippen LogP contribution in [0.5, 0.6) is 0 Å². The molecule has 1 nitrogen and oxygen atoms in total. The van der Waals surface area contributed by atoms with Gasteiger partial charge in [0.15, 0.2) is 34.9 Å². The smallest absolute Gasteiger partial charge is 0.166 e. The van der Waals surface area contributed by atoms with Crippen molar-refractivity contribution in [1.82, 2.24) is 0 Å². The number of benzene rings is 3. The second-order valence-electron chi connectivity index (χ2n) is 12.7. The largest absolute Gasteiger partial charge is 0.368 e. The van der Waals surface area contributed by atoms with Crippen LogP contribution in [0.4, 0.5) is 26.3 Å². The van der Waals surface area contributed by atoms with Crippen molar-refractivity contribution < 1.29 is 31.1 Å². The lowest BCUT2D eigenvalue weighted by Gasteiger charge is -2.29. The van der Waals surface area contributed by atoms with Crippen LogP contribution in [0.2, 0.25) is 0 Å². The third-order valence-electron chi connectivity index (χ3n) is 10.0. The molecular weight excluding hydrogens is 574 g/mol. The molecule has 0 amide bonds. The fourth-order valence-electron chi connectivity index (χ4n) is 7.27. The summed E-state index contributed by atoms with van der Waals surface area (Å²) in [5.74, 6) is -4.82. The summed E-state index contributed by atoms with van der Waals surface area (Å²) in [6.45, 7) is 2.33. The van der Waals surface area contributed by atoms with E-state index in [4.69, 9.17) is 4.74 Å². The van der Waals surface area contributed by atoms with Gasteiger partial charge in [-0.15, -0.1) is 0 Å². The number of epoxide rings is 1. The molecule has 0 radical (unpaired) electrons. The van der Waals surface area contributed by atoms with Crippen LogP contribution in [0.1, 0.15) is 116 Å². The van der Waals surface area contributed by atoms with Crippen molar-refractivity contribution in [3.05, 3.63) is 111 Å². The minimum atomic E-state index is -0.889.